The molecule has 2 aromatic rings. The van der Waals surface area contributed by atoms with Crippen molar-refractivity contribution in [3.8, 4) is 23.3 Å². The van der Waals surface area contributed by atoms with E-state index < -0.39 is 11.4 Å². The summed E-state index contributed by atoms with van der Waals surface area (Å²) in [4.78, 5) is 12.3. The molecule has 0 heterocycles. The molecule has 25 heavy (non-hydrogen) atoms. The molecule has 0 N–H and O–H groups in total. The molecule has 0 spiro atoms. The molecule has 0 aliphatic heterocycles. The molecule has 2 aromatic carbocycles. The third kappa shape index (κ3) is 3.70. The highest BCUT2D eigenvalue weighted by Gasteiger charge is 2.40. The zero-order valence-electron chi connectivity index (χ0n) is 14.2. The highest BCUT2D eigenvalue weighted by Crippen LogP contribution is 2.42. The number of halogens is 1. The molecule has 1 unspecified atom stereocenters. The Labute approximate surface area is 151 Å². The molecule has 0 saturated heterocycles. The van der Waals surface area contributed by atoms with Crippen LogP contribution in [-0.4, -0.2) is 19.7 Å². The largest absolute Gasteiger partial charge is 0.492 e. The van der Waals surface area contributed by atoms with Crippen molar-refractivity contribution in [1.29, 1.82) is 5.26 Å². The number of carbonyl (C=O) groups is 1. The third-order valence-electron chi connectivity index (χ3n) is 3.69. The van der Waals surface area contributed by atoms with Crippen molar-refractivity contribution < 1.29 is 19.0 Å². The summed E-state index contributed by atoms with van der Waals surface area (Å²) in [6.45, 7) is 3.35. The summed E-state index contributed by atoms with van der Waals surface area (Å²) < 4.78 is 16.3. The van der Waals surface area contributed by atoms with E-state index in [1.54, 1.807) is 49.4 Å². The van der Waals surface area contributed by atoms with E-state index in [0.717, 1.165) is 0 Å². The third-order valence-corrected chi connectivity index (χ3v) is 4.00. The lowest BCUT2D eigenvalue weighted by Crippen LogP contribution is -2.33. The summed E-state index contributed by atoms with van der Waals surface area (Å²) >= 11 is 6.13. The number of ether oxygens (including phenoxy) is 3. The first kappa shape index (κ1) is 18.6. The van der Waals surface area contributed by atoms with E-state index >= 15 is 0 Å². The molecule has 5 nitrogen and oxygen atoms in total. The molecule has 1 atom stereocenters. The standard InChI is InChI=1S/C19H18ClNO4/c1-4-24-18(22)19(2,12-21)13-8-7-11-16(17(13)23-3)25-15-10-6-5-9-14(15)20/h5-11H,4H2,1-3H3. The van der Waals surface area contributed by atoms with Gasteiger partial charge in [0.15, 0.2) is 16.9 Å². The second-order valence-corrected chi connectivity index (χ2v) is 5.73. The van der Waals surface area contributed by atoms with Gasteiger partial charge in [0.1, 0.15) is 5.75 Å². The first-order valence-corrected chi connectivity index (χ1v) is 8.04. The molecular weight excluding hydrogens is 342 g/mol. The molecule has 0 aliphatic rings. The number of hydrogen-bond donors (Lipinski definition) is 0. The van der Waals surface area contributed by atoms with Crippen molar-refractivity contribution in [3.63, 3.8) is 0 Å². The zero-order chi connectivity index (χ0) is 18.4. The number of esters is 1. The van der Waals surface area contributed by atoms with E-state index in [2.05, 4.69) is 0 Å². The maximum atomic E-state index is 12.3. The van der Waals surface area contributed by atoms with Crippen LogP contribution in [0.5, 0.6) is 17.2 Å². The predicted molar refractivity (Wildman–Crippen MR) is 94.1 cm³/mol. The number of carbonyl (C=O) groups excluding carboxylic acids is 1. The van der Waals surface area contributed by atoms with Gasteiger partial charge in [0.25, 0.3) is 0 Å². The Bertz CT molecular complexity index is 815. The smallest absolute Gasteiger partial charge is 0.330 e. The van der Waals surface area contributed by atoms with Crippen molar-refractivity contribution in [1.82, 2.24) is 0 Å². The Morgan fingerprint density at radius 1 is 1.20 bits per heavy atom. The van der Waals surface area contributed by atoms with Gasteiger partial charge in [0.05, 0.1) is 24.8 Å². The fourth-order valence-electron chi connectivity index (χ4n) is 2.34. The lowest BCUT2D eigenvalue weighted by molar-refractivity contribution is -0.147. The minimum Gasteiger partial charge on any atom is -0.492 e. The van der Waals surface area contributed by atoms with Crippen LogP contribution in [0.4, 0.5) is 0 Å². The number of nitriles is 1. The van der Waals surface area contributed by atoms with E-state index in [9.17, 15) is 10.1 Å². The molecule has 6 heteroatoms. The van der Waals surface area contributed by atoms with Crippen molar-refractivity contribution in [2.45, 2.75) is 19.3 Å². The number of rotatable bonds is 6. The Kier molecular flexibility index (Phi) is 5.89. The number of para-hydroxylation sites is 2. The molecule has 0 saturated carbocycles. The zero-order valence-corrected chi connectivity index (χ0v) is 15.0. The van der Waals surface area contributed by atoms with Gasteiger partial charge in [0.2, 0.25) is 0 Å². The van der Waals surface area contributed by atoms with Crippen LogP contribution in [0.15, 0.2) is 42.5 Å². The topological polar surface area (TPSA) is 68.6 Å². The van der Waals surface area contributed by atoms with Crippen LogP contribution in [0.2, 0.25) is 5.02 Å². The number of nitrogens with zero attached hydrogens (tertiary/aromatic N) is 1. The van der Waals surface area contributed by atoms with Gasteiger partial charge in [-0.25, -0.2) is 4.79 Å². The molecule has 0 bridgehead atoms. The fourth-order valence-corrected chi connectivity index (χ4v) is 2.51. The van der Waals surface area contributed by atoms with Crippen LogP contribution in [0.3, 0.4) is 0 Å². The molecule has 0 radical (unpaired) electrons. The summed E-state index contributed by atoms with van der Waals surface area (Å²) in [6.07, 6.45) is 0. The Morgan fingerprint density at radius 3 is 2.48 bits per heavy atom. The second kappa shape index (κ2) is 7.91. The van der Waals surface area contributed by atoms with Crippen LogP contribution in [0.25, 0.3) is 0 Å². The number of methoxy groups -OCH3 is 1. The first-order chi connectivity index (χ1) is 12.0. The van der Waals surface area contributed by atoms with Gasteiger partial charge >= 0.3 is 5.97 Å². The lowest BCUT2D eigenvalue weighted by Gasteiger charge is -2.23. The van der Waals surface area contributed by atoms with Crippen LogP contribution in [-0.2, 0) is 14.9 Å². The maximum absolute atomic E-state index is 12.3. The Hall–Kier alpha value is -2.71. The molecule has 0 fully saturated rings. The van der Waals surface area contributed by atoms with Gasteiger partial charge in [-0.05, 0) is 32.0 Å². The Balaban J connectivity index is 2.53. The highest BCUT2D eigenvalue weighted by atomic mass is 35.5. The maximum Gasteiger partial charge on any atom is 0.330 e. The minimum absolute atomic E-state index is 0.175. The average molecular weight is 360 g/mol. The summed E-state index contributed by atoms with van der Waals surface area (Å²) in [7, 11) is 1.45. The van der Waals surface area contributed by atoms with Crippen molar-refractivity contribution in [2.24, 2.45) is 0 Å². The van der Waals surface area contributed by atoms with Gasteiger partial charge in [-0.1, -0.05) is 35.9 Å². The van der Waals surface area contributed by atoms with Crippen molar-refractivity contribution in [3.05, 3.63) is 53.1 Å². The van der Waals surface area contributed by atoms with Gasteiger partial charge in [-0.15, -0.1) is 0 Å². The van der Waals surface area contributed by atoms with E-state index in [1.807, 2.05) is 6.07 Å². The van der Waals surface area contributed by atoms with E-state index in [0.29, 0.717) is 22.1 Å². The van der Waals surface area contributed by atoms with Gasteiger partial charge in [0, 0.05) is 5.56 Å². The van der Waals surface area contributed by atoms with E-state index in [1.165, 1.54) is 14.0 Å². The summed E-state index contributed by atoms with van der Waals surface area (Å²) in [6, 6.07) is 14.0. The summed E-state index contributed by atoms with van der Waals surface area (Å²) in [5.74, 6) is 0.415. The van der Waals surface area contributed by atoms with Crippen LogP contribution in [0, 0.1) is 11.3 Å². The molecular formula is C19H18ClNO4. The molecule has 130 valence electrons. The molecule has 0 aliphatic carbocycles. The van der Waals surface area contributed by atoms with Crippen molar-refractivity contribution in [2.75, 3.05) is 13.7 Å². The van der Waals surface area contributed by atoms with Gasteiger partial charge in [-0.3, -0.25) is 0 Å². The number of benzene rings is 2. The van der Waals surface area contributed by atoms with E-state index in [4.69, 9.17) is 25.8 Å². The van der Waals surface area contributed by atoms with Crippen molar-refractivity contribution >= 4 is 17.6 Å². The molecule has 2 rings (SSSR count). The SMILES string of the molecule is CCOC(=O)C(C)(C#N)c1cccc(Oc2ccccc2Cl)c1OC. The first-order valence-electron chi connectivity index (χ1n) is 7.66. The van der Waals surface area contributed by atoms with E-state index in [-0.39, 0.29) is 12.4 Å². The second-order valence-electron chi connectivity index (χ2n) is 5.33. The van der Waals surface area contributed by atoms with Crippen LogP contribution in [0.1, 0.15) is 19.4 Å². The highest BCUT2D eigenvalue weighted by molar-refractivity contribution is 6.32. The summed E-state index contributed by atoms with van der Waals surface area (Å²) in [5.41, 5.74) is -1.17. The lowest BCUT2D eigenvalue weighted by atomic mass is 9.83. The van der Waals surface area contributed by atoms with Crippen LogP contribution >= 0.6 is 11.6 Å². The van der Waals surface area contributed by atoms with Crippen LogP contribution < -0.4 is 9.47 Å². The number of hydrogen-bond acceptors (Lipinski definition) is 5. The minimum atomic E-state index is -1.53. The van der Waals surface area contributed by atoms with Gasteiger partial charge < -0.3 is 14.2 Å². The Morgan fingerprint density at radius 2 is 1.88 bits per heavy atom. The molecule has 0 aromatic heterocycles. The average Bonchev–Trinajstić information content (AvgIpc) is 2.63. The normalized spacial score (nSPS) is 12.6. The fraction of sp³-hybridized carbons (Fsp3) is 0.263. The monoisotopic (exact) mass is 359 g/mol. The van der Waals surface area contributed by atoms with Gasteiger partial charge in [-0.2, -0.15) is 5.26 Å². The summed E-state index contributed by atoms with van der Waals surface area (Å²) in [5, 5.41) is 10.0. The quantitative estimate of drug-likeness (QED) is 0.711. The predicted octanol–water partition coefficient (Wildman–Crippen LogP) is 4.49. The molecule has 0 amide bonds.